The molecule has 0 radical (unpaired) electrons. The molecular weight excluding hydrogens is 305 g/mol. The maximum atomic E-state index is 12.5. The molecule has 1 fully saturated rings. The minimum Gasteiger partial charge on any atom is -0.329 e. The van der Waals surface area contributed by atoms with Gasteiger partial charge in [-0.15, -0.1) is 0 Å². The summed E-state index contributed by atoms with van der Waals surface area (Å²) in [6, 6.07) is 1.42. The average molecular weight is 318 g/mol. The van der Waals surface area contributed by atoms with Crippen molar-refractivity contribution in [1.29, 1.82) is 0 Å². The number of carbonyl (C=O) groups excluding carboxylic acids is 3. The summed E-state index contributed by atoms with van der Waals surface area (Å²) in [5.41, 5.74) is -0.913. The van der Waals surface area contributed by atoms with Crippen LogP contribution in [0.15, 0.2) is 6.07 Å². The van der Waals surface area contributed by atoms with Crippen LogP contribution in [0.1, 0.15) is 24.3 Å². The van der Waals surface area contributed by atoms with E-state index in [0.717, 1.165) is 0 Å². The van der Waals surface area contributed by atoms with Gasteiger partial charge in [0.05, 0.1) is 5.02 Å². The fourth-order valence-electron chi connectivity index (χ4n) is 1.99. The van der Waals surface area contributed by atoms with Crippen LogP contribution in [-0.4, -0.2) is 39.3 Å². The van der Waals surface area contributed by atoms with Gasteiger partial charge in [-0.05, 0) is 19.9 Å². The summed E-state index contributed by atoms with van der Waals surface area (Å²) in [4.78, 5) is 37.1. The van der Waals surface area contributed by atoms with E-state index in [1.54, 1.807) is 20.9 Å². The molecule has 2 heterocycles. The molecule has 1 aromatic heterocycles. The van der Waals surface area contributed by atoms with Gasteiger partial charge in [0.2, 0.25) is 5.91 Å². The largest absolute Gasteiger partial charge is 0.329 e. The number of piperazine rings is 1. The minimum absolute atomic E-state index is 0.196. The van der Waals surface area contributed by atoms with Gasteiger partial charge >= 0.3 is 0 Å². The summed E-state index contributed by atoms with van der Waals surface area (Å²) >= 11 is 11.8. The highest BCUT2D eigenvalue weighted by atomic mass is 35.5. The molecule has 1 aliphatic rings. The van der Waals surface area contributed by atoms with E-state index >= 15 is 0 Å². The molecule has 8 heteroatoms. The van der Waals surface area contributed by atoms with Crippen molar-refractivity contribution in [2.75, 3.05) is 6.54 Å². The second kappa shape index (κ2) is 4.79. The fourth-order valence-corrected chi connectivity index (χ4v) is 2.37. The second-order valence-corrected chi connectivity index (χ2v) is 5.82. The number of nitrogens with one attached hydrogen (secondary N) is 1. The Labute approximate surface area is 125 Å². The van der Waals surface area contributed by atoms with E-state index in [0.29, 0.717) is 0 Å². The van der Waals surface area contributed by atoms with Crippen molar-refractivity contribution >= 4 is 40.9 Å². The highest BCUT2D eigenvalue weighted by molar-refractivity contribution is 6.42. The van der Waals surface area contributed by atoms with Gasteiger partial charge in [0.15, 0.2) is 0 Å². The summed E-state index contributed by atoms with van der Waals surface area (Å²) in [6.07, 6.45) is 0. The maximum absolute atomic E-state index is 12.5. The zero-order valence-electron chi connectivity index (χ0n) is 11.2. The van der Waals surface area contributed by atoms with Crippen molar-refractivity contribution in [3.63, 3.8) is 0 Å². The Morgan fingerprint density at radius 1 is 1.35 bits per heavy atom. The number of hydrogen-bond donors (Lipinski definition) is 1. The molecule has 0 saturated carbocycles. The Hall–Kier alpha value is -1.53. The van der Waals surface area contributed by atoms with E-state index in [4.69, 9.17) is 23.2 Å². The Balaban J connectivity index is 2.43. The van der Waals surface area contributed by atoms with E-state index in [2.05, 4.69) is 5.32 Å². The molecule has 1 N–H and O–H groups in total. The first-order valence-corrected chi connectivity index (χ1v) is 6.59. The normalized spacial score (nSPS) is 18.1. The van der Waals surface area contributed by atoms with Crippen molar-refractivity contribution in [3.8, 4) is 0 Å². The zero-order chi connectivity index (χ0) is 15.2. The van der Waals surface area contributed by atoms with Crippen molar-refractivity contribution in [3.05, 3.63) is 21.9 Å². The summed E-state index contributed by atoms with van der Waals surface area (Å²) in [7, 11) is 1.58. The number of amides is 3. The molecule has 0 atom stereocenters. The first-order valence-electron chi connectivity index (χ1n) is 5.83. The summed E-state index contributed by atoms with van der Waals surface area (Å²) in [6.45, 7) is 2.94. The standard InChI is InChI=1S/C12H13Cl2N3O3/c1-12(2)11(20)15-8(18)5-17(12)10(19)7-4-6(13)9(14)16(7)3/h4H,5H2,1-3H3,(H,15,18,20). The molecule has 3 amide bonds. The first kappa shape index (κ1) is 14.9. The smallest absolute Gasteiger partial charge is 0.271 e. The number of carbonyl (C=O) groups is 3. The minimum atomic E-state index is -1.13. The Kier molecular flexibility index (Phi) is 3.56. The van der Waals surface area contributed by atoms with Crippen LogP contribution in [0.5, 0.6) is 0 Å². The lowest BCUT2D eigenvalue weighted by atomic mass is 9.98. The molecule has 1 aliphatic heterocycles. The summed E-state index contributed by atoms with van der Waals surface area (Å²) < 4.78 is 1.42. The van der Waals surface area contributed by atoms with Crippen molar-refractivity contribution in [1.82, 2.24) is 14.8 Å². The maximum Gasteiger partial charge on any atom is 0.271 e. The van der Waals surface area contributed by atoms with E-state index in [1.165, 1.54) is 15.5 Å². The molecule has 108 valence electrons. The van der Waals surface area contributed by atoms with Crippen LogP contribution in [0.4, 0.5) is 0 Å². The third-order valence-electron chi connectivity index (χ3n) is 3.37. The molecular formula is C12H13Cl2N3O3. The molecule has 20 heavy (non-hydrogen) atoms. The molecule has 1 saturated heterocycles. The van der Waals surface area contributed by atoms with Gasteiger partial charge in [-0.1, -0.05) is 23.2 Å². The van der Waals surface area contributed by atoms with Crippen molar-refractivity contribution in [2.24, 2.45) is 7.05 Å². The predicted octanol–water partition coefficient (Wildman–Crippen LogP) is 1.21. The highest BCUT2D eigenvalue weighted by Gasteiger charge is 2.44. The van der Waals surface area contributed by atoms with Gasteiger partial charge in [0.25, 0.3) is 11.8 Å². The van der Waals surface area contributed by atoms with Gasteiger partial charge in [-0.25, -0.2) is 0 Å². The van der Waals surface area contributed by atoms with Crippen molar-refractivity contribution in [2.45, 2.75) is 19.4 Å². The third-order valence-corrected chi connectivity index (χ3v) is 4.21. The fraction of sp³-hybridized carbons (Fsp3) is 0.417. The highest BCUT2D eigenvalue weighted by Crippen LogP contribution is 2.28. The van der Waals surface area contributed by atoms with Crippen LogP contribution in [0, 0.1) is 0 Å². The molecule has 0 spiro atoms. The number of imide groups is 1. The lowest BCUT2D eigenvalue weighted by Gasteiger charge is -2.40. The number of halogens is 2. The molecule has 1 aromatic rings. The van der Waals surface area contributed by atoms with Crippen LogP contribution in [-0.2, 0) is 16.6 Å². The lowest BCUT2D eigenvalue weighted by Crippen LogP contribution is -2.65. The molecule has 2 rings (SSSR count). The summed E-state index contributed by atoms with van der Waals surface area (Å²) in [5, 5.41) is 2.67. The quantitative estimate of drug-likeness (QED) is 0.791. The Bertz CT molecular complexity index is 622. The van der Waals surface area contributed by atoms with Gasteiger partial charge in [0.1, 0.15) is 22.9 Å². The second-order valence-electron chi connectivity index (χ2n) is 5.05. The molecule has 0 aromatic carbocycles. The van der Waals surface area contributed by atoms with Gasteiger partial charge in [0, 0.05) is 7.05 Å². The molecule has 0 aliphatic carbocycles. The molecule has 6 nitrogen and oxygen atoms in total. The SMILES string of the molecule is Cn1c(C(=O)N2CC(=O)NC(=O)C2(C)C)cc(Cl)c1Cl. The molecule has 0 unspecified atom stereocenters. The number of hydrogen-bond acceptors (Lipinski definition) is 3. The third kappa shape index (κ3) is 2.19. The summed E-state index contributed by atoms with van der Waals surface area (Å²) in [5.74, 6) is -1.52. The van der Waals surface area contributed by atoms with Crippen LogP contribution < -0.4 is 5.32 Å². The number of nitrogens with zero attached hydrogens (tertiary/aromatic N) is 2. The van der Waals surface area contributed by atoms with Gasteiger partial charge in [-0.2, -0.15) is 0 Å². The number of aromatic nitrogens is 1. The van der Waals surface area contributed by atoms with E-state index in [9.17, 15) is 14.4 Å². The first-order chi connectivity index (χ1) is 9.16. The Morgan fingerprint density at radius 2 is 1.95 bits per heavy atom. The Morgan fingerprint density at radius 3 is 2.45 bits per heavy atom. The predicted molar refractivity (Wildman–Crippen MR) is 73.7 cm³/mol. The topological polar surface area (TPSA) is 71.4 Å². The molecule has 0 bridgehead atoms. The van der Waals surface area contributed by atoms with Crippen molar-refractivity contribution < 1.29 is 14.4 Å². The lowest BCUT2D eigenvalue weighted by molar-refractivity contribution is -0.143. The number of rotatable bonds is 1. The van der Waals surface area contributed by atoms with Crippen LogP contribution >= 0.6 is 23.2 Å². The van der Waals surface area contributed by atoms with Crippen LogP contribution in [0.2, 0.25) is 10.2 Å². The monoisotopic (exact) mass is 317 g/mol. The van der Waals surface area contributed by atoms with E-state index in [1.807, 2.05) is 0 Å². The van der Waals surface area contributed by atoms with Gasteiger partial charge in [-0.3, -0.25) is 19.7 Å². The average Bonchev–Trinajstić information content (AvgIpc) is 2.61. The van der Waals surface area contributed by atoms with Crippen LogP contribution in [0.3, 0.4) is 0 Å². The van der Waals surface area contributed by atoms with E-state index < -0.39 is 23.3 Å². The van der Waals surface area contributed by atoms with Gasteiger partial charge < -0.3 is 9.47 Å². The van der Waals surface area contributed by atoms with E-state index in [-0.39, 0.29) is 22.4 Å². The zero-order valence-corrected chi connectivity index (χ0v) is 12.7. The van der Waals surface area contributed by atoms with Crippen LogP contribution in [0.25, 0.3) is 0 Å².